The SMILES string of the molecule is C=C/C(C)=C\C(N)=N/c1nc(-c2ncccc2-c2ccccc2)cs1. The van der Waals surface area contributed by atoms with E-state index in [0.29, 0.717) is 11.0 Å². The van der Waals surface area contributed by atoms with Crippen molar-refractivity contribution in [1.29, 1.82) is 0 Å². The predicted octanol–water partition coefficient (Wildman–Crippen LogP) is 4.99. The minimum Gasteiger partial charge on any atom is -0.384 e. The van der Waals surface area contributed by atoms with Crippen LogP contribution in [0.25, 0.3) is 22.5 Å². The van der Waals surface area contributed by atoms with Crippen molar-refractivity contribution in [3.8, 4) is 22.5 Å². The second kappa shape index (κ2) is 7.68. The van der Waals surface area contributed by atoms with E-state index >= 15 is 0 Å². The first-order chi connectivity index (χ1) is 12.2. The number of hydrogen-bond acceptors (Lipinski definition) is 4. The Bertz CT molecular complexity index is 939. The molecule has 0 bridgehead atoms. The molecule has 3 aromatic rings. The molecular weight excluding hydrogens is 328 g/mol. The largest absolute Gasteiger partial charge is 0.384 e. The summed E-state index contributed by atoms with van der Waals surface area (Å²) in [5, 5.41) is 2.55. The molecule has 0 unspecified atom stereocenters. The van der Waals surface area contributed by atoms with Gasteiger partial charge < -0.3 is 5.73 Å². The van der Waals surface area contributed by atoms with Gasteiger partial charge in [0, 0.05) is 17.1 Å². The molecule has 1 aromatic carbocycles. The highest BCUT2D eigenvalue weighted by Crippen LogP contribution is 2.32. The van der Waals surface area contributed by atoms with Gasteiger partial charge in [0.15, 0.2) is 0 Å². The number of amidine groups is 1. The van der Waals surface area contributed by atoms with Gasteiger partial charge in [-0.25, -0.2) is 9.98 Å². The number of aromatic nitrogens is 2. The topological polar surface area (TPSA) is 64.2 Å². The summed E-state index contributed by atoms with van der Waals surface area (Å²) in [6.07, 6.45) is 5.27. The number of benzene rings is 1. The molecule has 0 fully saturated rings. The van der Waals surface area contributed by atoms with Gasteiger partial charge >= 0.3 is 0 Å². The molecule has 5 heteroatoms. The van der Waals surface area contributed by atoms with Crippen LogP contribution in [-0.2, 0) is 0 Å². The molecule has 2 N–H and O–H groups in total. The van der Waals surface area contributed by atoms with Crippen molar-refractivity contribution < 1.29 is 0 Å². The van der Waals surface area contributed by atoms with E-state index in [4.69, 9.17) is 5.73 Å². The fourth-order valence-corrected chi connectivity index (χ4v) is 3.01. The summed E-state index contributed by atoms with van der Waals surface area (Å²) in [5.74, 6) is 0.405. The van der Waals surface area contributed by atoms with Gasteiger partial charge in [-0.1, -0.05) is 49.1 Å². The number of nitrogens with zero attached hydrogens (tertiary/aromatic N) is 3. The van der Waals surface area contributed by atoms with Crippen LogP contribution < -0.4 is 5.73 Å². The van der Waals surface area contributed by atoms with E-state index in [0.717, 1.165) is 28.1 Å². The van der Waals surface area contributed by atoms with Crippen LogP contribution in [0.4, 0.5) is 5.13 Å². The van der Waals surface area contributed by atoms with Gasteiger partial charge in [0.25, 0.3) is 0 Å². The van der Waals surface area contributed by atoms with Crippen molar-refractivity contribution in [3.05, 3.63) is 78.3 Å². The maximum Gasteiger partial charge on any atom is 0.211 e. The molecule has 2 heterocycles. The molecule has 2 aromatic heterocycles. The Morgan fingerprint density at radius 2 is 2.00 bits per heavy atom. The zero-order valence-corrected chi connectivity index (χ0v) is 14.7. The Balaban J connectivity index is 1.97. The van der Waals surface area contributed by atoms with Crippen LogP contribution in [0, 0.1) is 0 Å². The van der Waals surface area contributed by atoms with Crippen molar-refractivity contribution in [3.63, 3.8) is 0 Å². The number of pyridine rings is 1. The molecule has 0 atom stereocenters. The second-order valence-corrected chi connectivity index (χ2v) is 6.25. The Kier molecular flexibility index (Phi) is 5.16. The molecule has 0 radical (unpaired) electrons. The second-order valence-electron chi connectivity index (χ2n) is 5.41. The fraction of sp³-hybridized carbons (Fsp3) is 0.0500. The number of aliphatic imine (C=N–C) groups is 1. The van der Waals surface area contributed by atoms with Gasteiger partial charge in [-0.05, 0) is 30.2 Å². The van der Waals surface area contributed by atoms with Crippen molar-refractivity contribution >= 4 is 22.3 Å². The molecule has 0 aliphatic heterocycles. The van der Waals surface area contributed by atoms with Crippen molar-refractivity contribution in [2.75, 3.05) is 0 Å². The van der Waals surface area contributed by atoms with Crippen LogP contribution in [0.15, 0.2) is 83.3 Å². The third-order valence-corrected chi connectivity index (χ3v) is 4.28. The molecule has 0 aliphatic rings. The third kappa shape index (κ3) is 4.08. The number of rotatable bonds is 5. The first kappa shape index (κ1) is 16.8. The van der Waals surface area contributed by atoms with Gasteiger partial charge in [0.05, 0.1) is 5.69 Å². The molecular formula is C20H18N4S. The first-order valence-electron chi connectivity index (χ1n) is 7.78. The highest BCUT2D eigenvalue weighted by Gasteiger charge is 2.11. The predicted molar refractivity (Wildman–Crippen MR) is 106 cm³/mol. The summed E-state index contributed by atoms with van der Waals surface area (Å²) in [4.78, 5) is 13.4. The molecule has 0 spiro atoms. The molecule has 25 heavy (non-hydrogen) atoms. The first-order valence-corrected chi connectivity index (χ1v) is 8.66. The van der Waals surface area contributed by atoms with Crippen molar-refractivity contribution in [2.24, 2.45) is 10.7 Å². The smallest absolute Gasteiger partial charge is 0.211 e. The van der Waals surface area contributed by atoms with Crippen LogP contribution in [0.3, 0.4) is 0 Å². The van der Waals surface area contributed by atoms with E-state index in [-0.39, 0.29) is 0 Å². The van der Waals surface area contributed by atoms with E-state index in [2.05, 4.69) is 33.7 Å². The van der Waals surface area contributed by atoms with E-state index in [1.165, 1.54) is 11.3 Å². The van der Waals surface area contributed by atoms with Gasteiger partial charge in [-0.3, -0.25) is 4.98 Å². The van der Waals surface area contributed by atoms with Crippen LogP contribution in [0.5, 0.6) is 0 Å². The fourth-order valence-electron chi connectivity index (χ4n) is 2.32. The summed E-state index contributed by atoms with van der Waals surface area (Å²) in [6.45, 7) is 5.62. The highest BCUT2D eigenvalue weighted by molar-refractivity contribution is 7.13. The van der Waals surface area contributed by atoms with Gasteiger partial charge in [0.2, 0.25) is 5.13 Å². The molecule has 0 saturated carbocycles. The summed E-state index contributed by atoms with van der Waals surface area (Å²) < 4.78 is 0. The normalized spacial score (nSPS) is 12.2. The third-order valence-electron chi connectivity index (χ3n) is 3.55. The van der Waals surface area contributed by atoms with Crippen LogP contribution in [0.1, 0.15) is 6.92 Å². The lowest BCUT2D eigenvalue weighted by atomic mass is 10.0. The number of hydrogen-bond donors (Lipinski definition) is 1. The lowest BCUT2D eigenvalue weighted by Gasteiger charge is -2.06. The minimum atomic E-state index is 0.405. The maximum absolute atomic E-state index is 5.93. The number of allylic oxidation sites excluding steroid dienone is 2. The molecule has 0 aliphatic carbocycles. The molecule has 0 saturated heterocycles. The Hall–Kier alpha value is -3.05. The Labute approximate surface area is 151 Å². The zero-order valence-electron chi connectivity index (χ0n) is 13.9. The lowest BCUT2D eigenvalue weighted by Crippen LogP contribution is -2.07. The van der Waals surface area contributed by atoms with Gasteiger partial charge in [-0.15, -0.1) is 11.3 Å². The van der Waals surface area contributed by atoms with E-state index in [1.54, 1.807) is 18.3 Å². The highest BCUT2D eigenvalue weighted by atomic mass is 32.1. The summed E-state index contributed by atoms with van der Waals surface area (Å²) in [7, 11) is 0. The standard InChI is InChI=1S/C20H18N4S/c1-3-14(2)12-18(21)24-20-23-17(13-25-20)19-16(10-7-11-22-19)15-8-5-4-6-9-15/h3-13H,1H2,2H3,(H2,21,23,24)/b14-12-. The quantitative estimate of drug-likeness (QED) is 0.402. The van der Waals surface area contributed by atoms with Crippen molar-refractivity contribution in [2.45, 2.75) is 6.92 Å². The maximum atomic E-state index is 5.93. The minimum absolute atomic E-state index is 0.405. The van der Waals surface area contributed by atoms with E-state index in [1.807, 2.05) is 42.6 Å². The summed E-state index contributed by atoms with van der Waals surface area (Å²) in [6, 6.07) is 14.1. The Morgan fingerprint density at radius 3 is 2.76 bits per heavy atom. The monoisotopic (exact) mass is 346 g/mol. The molecule has 124 valence electrons. The zero-order chi connectivity index (χ0) is 17.6. The summed E-state index contributed by atoms with van der Waals surface area (Å²) in [5.41, 5.74) is 10.7. The van der Waals surface area contributed by atoms with Gasteiger partial charge in [-0.2, -0.15) is 0 Å². The van der Waals surface area contributed by atoms with E-state index in [9.17, 15) is 0 Å². The van der Waals surface area contributed by atoms with E-state index < -0.39 is 0 Å². The lowest BCUT2D eigenvalue weighted by molar-refractivity contribution is 1.27. The molecule has 4 nitrogen and oxygen atoms in total. The molecule has 0 amide bonds. The number of thiazole rings is 1. The van der Waals surface area contributed by atoms with Gasteiger partial charge in [0.1, 0.15) is 11.5 Å². The average Bonchev–Trinajstić information content (AvgIpc) is 3.10. The number of nitrogens with two attached hydrogens (primary N) is 1. The Morgan fingerprint density at radius 1 is 1.20 bits per heavy atom. The molecule has 3 rings (SSSR count). The van der Waals surface area contributed by atoms with Crippen LogP contribution >= 0.6 is 11.3 Å². The van der Waals surface area contributed by atoms with Crippen LogP contribution in [0.2, 0.25) is 0 Å². The summed E-state index contributed by atoms with van der Waals surface area (Å²) >= 11 is 1.44. The van der Waals surface area contributed by atoms with Crippen molar-refractivity contribution in [1.82, 2.24) is 9.97 Å². The average molecular weight is 346 g/mol. The van der Waals surface area contributed by atoms with Crippen LogP contribution in [-0.4, -0.2) is 15.8 Å².